The second kappa shape index (κ2) is 6.31. The Kier molecular flexibility index (Phi) is 4.98. The van der Waals surface area contributed by atoms with Gasteiger partial charge in [0, 0.05) is 22.2 Å². The Hall–Kier alpha value is -2.48. The number of Topliss-reactive ketones (excluding diaryl/α,β-unsaturated/α-hetero) is 1. The smallest absolute Gasteiger partial charge is 0.322 e. The van der Waals surface area contributed by atoms with Gasteiger partial charge < -0.3 is 5.11 Å². The number of aliphatic hydroxyl groups excluding tert-OH is 1. The molecule has 8 heteroatoms. The largest absolute Gasteiger partial charge is 0.376 e. The minimum Gasteiger partial charge on any atom is -0.376 e. The van der Waals surface area contributed by atoms with Gasteiger partial charge in [0.25, 0.3) is 5.69 Å². The Morgan fingerprint density at radius 3 is 2.48 bits per heavy atom. The molecule has 8 nitrogen and oxygen atoms in total. The summed E-state index contributed by atoms with van der Waals surface area (Å²) >= 11 is 0. The highest BCUT2D eigenvalue weighted by molar-refractivity contribution is 6.06. The van der Waals surface area contributed by atoms with Gasteiger partial charge >= 0.3 is 5.91 Å². The molecule has 1 unspecified atom stereocenters. The van der Waals surface area contributed by atoms with Gasteiger partial charge in [0.15, 0.2) is 11.9 Å². The van der Waals surface area contributed by atoms with E-state index in [0.29, 0.717) is 5.56 Å². The number of nitro groups is 1. The van der Waals surface area contributed by atoms with Crippen LogP contribution >= 0.6 is 0 Å². The zero-order valence-electron chi connectivity index (χ0n) is 11.5. The number of rotatable bonds is 6. The predicted octanol–water partition coefficient (Wildman–Crippen LogP) is 1.39. The van der Waals surface area contributed by atoms with Crippen molar-refractivity contribution in [2.45, 2.75) is 26.4 Å². The van der Waals surface area contributed by atoms with Crippen LogP contribution in [0.3, 0.4) is 0 Å². The molecule has 1 rings (SSSR count). The number of nitroso groups, excluding NO2 is 1. The lowest BCUT2D eigenvalue weighted by Gasteiger charge is -2.24. The van der Waals surface area contributed by atoms with Crippen molar-refractivity contribution in [3.05, 3.63) is 44.9 Å². The molecule has 0 saturated heterocycles. The number of aliphatic hydroxyl groups is 1. The summed E-state index contributed by atoms with van der Waals surface area (Å²) in [6, 6.07) is 5.85. The summed E-state index contributed by atoms with van der Waals surface area (Å²) in [5.74, 6) is -2.39. The molecular formula is C13H14N2O6. The summed E-state index contributed by atoms with van der Waals surface area (Å²) in [4.78, 5) is 43.4. The van der Waals surface area contributed by atoms with Crippen LogP contribution in [0.2, 0.25) is 0 Å². The van der Waals surface area contributed by atoms with Crippen molar-refractivity contribution in [1.82, 2.24) is 0 Å². The van der Waals surface area contributed by atoms with E-state index < -0.39 is 28.1 Å². The molecule has 0 aliphatic rings. The van der Waals surface area contributed by atoms with E-state index in [4.69, 9.17) is 0 Å². The lowest BCUT2D eigenvalue weighted by atomic mass is 9.79. The molecule has 0 heterocycles. The Balaban J connectivity index is 3.05. The molecule has 0 radical (unpaired) electrons. The molecule has 21 heavy (non-hydrogen) atoms. The van der Waals surface area contributed by atoms with Gasteiger partial charge in [-0.1, -0.05) is 32.0 Å². The van der Waals surface area contributed by atoms with Gasteiger partial charge in [0.1, 0.15) is 0 Å². The first-order valence-corrected chi connectivity index (χ1v) is 6.02. The van der Waals surface area contributed by atoms with Crippen molar-refractivity contribution >= 4 is 17.4 Å². The Bertz CT molecular complexity index is 596. The van der Waals surface area contributed by atoms with Crippen LogP contribution in [0, 0.1) is 20.4 Å². The summed E-state index contributed by atoms with van der Waals surface area (Å²) in [7, 11) is 0. The summed E-state index contributed by atoms with van der Waals surface area (Å²) < 4.78 is 0. The second-order valence-corrected chi connectivity index (χ2v) is 5.14. The number of carbonyl (C=O) groups is 2. The first kappa shape index (κ1) is 16.6. The summed E-state index contributed by atoms with van der Waals surface area (Å²) in [5.41, 5.74) is -1.14. The zero-order chi connectivity index (χ0) is 16.2. The van der Waals surface area contributed by atoms with Crippen molar-refractivity contribution in [3.63, 3.8) is 0 Å². The molecule has 112 valence electrons. The van der Waals surface area contributed by atoms with E-state index >= 15 is 0 Å². The first-order chi connectivity index (χ1) is 9.70. The molecule has 0 aliphatic carbocycles. The van der Waals surface area contributed by atoms with E-state index in [1.165, 1.54) is 32.0 Å². The second-order valence-electron chi connectivity index (χ2n) is 5.14. The summed E-state index contributed by atoms with van der Waals surface area (Å²) in [6.07, 6.45) is -2.22. The van der Waals surface area contributed by atoms with Crippen molar-refractivity contribution in [2.75, 3.05) is 0 Å². The van der Waals surface area contributed by atoms with Gasteiger partial charge in [0.05, 0.1) is 4.92 Å². The lowest BCUT2D eigenvalue weighted by molar-refractivity contribution is -0.385. The van der Waals surface area contributed by atoms with Crippen LogP contribution in [0.25, 0.3) is 0 Å². The monoisotopic (exact) mass is 294 g/mol. The molecule has 1 amide bonds. The van der Waals surface area contributed by atoms with Crippen molar-refractivity contribution in [3.8, 4) is 0 Å². The van der Waals surface area contributed by atoms with E-state index in [2.05, 4.69) is 0 Å². The van der Waals surface area contributed by atoms with Crippen LogP contribution in [-0.2, 0) is 16.0 Å². The number of benzene rings is 1. The number of nitro benzene ring substituents is 1. The number of nitrogens with zero attached hydrogens (tertiary/aromatic N) is 2. The van der Waals surface area contributed by atoms with E-state index in [9.17, 15) is 29.7 Å². The summed E-state index contributed by atoms with van der Waals surface area (Å²) in [5, 5.41) is 22.4. The minimum atomic E-state index is -2.15. The number of para-hydroxylation sites is 1. The van der Waals surface area contributed by atoms with Crippen LogP contribution in [0.1, 0.15) is 19.4 Å². The van der Waals surface area contributed by atoms with Gasteiger partial charge in [-0.25, -0.2) is 0 Å². The molecule has 0 bridgehead atoms. The third-order valence-corrected chi connectivity index (χ3v) is 3.06. The van der Waals surface area contributed by atoms with Gasteiger partial charge in [-0.3, -0.25) is 19.7 Å². The SMILES string of the molecule is CC(C)(Cc1ccccc1[N+](=O)[O-])C(=O)C(O)C(=O)N=O. The van der Waals surface area contributed by atoms with Gasteiger partial charge in [-0.05, 0) is 6.42 Å². The fourth-order valence-electron chi connectivity index (χ4n) is 1.93. The normalized spacial score (nSPS) is 12.5. The third kappa shape index (κ3) is 3.76. The highest BCUT2D eigenvalue weighted by Gasteiger charge is 2.38. The standard InChI is InChI=1S/C13H14N2O6/c1-13(2,11(17)10(16)12(18)14-19)7-8-5-3-4-6-9(8)15(20)21/h3-6,10,16H,7H2,1-2H3. The van der Waals surface area contributed by atoms with Crippen LogP contribution in [-0.4, -0.2) is 27.8 Å². The molecule has 0 saturated carbocycles. The van der Waals surface area contributed by atoms with Crippen molar-refractivity contribution in [1.29, 1.82) is 0 Å². The van der Waals surface area contributed by atoms with Crippen molar-refractivity contribution < 1.29 is 19.6 Å². The highest BCUT2D eigenvalue weighted by Crippen LogP contribution is 2.29. The number of carbonyl (C=O) groups excluding carboxylic acids is 2. The zero-order valence-corrected chi connectivity index (χ0v) is 11.5. The average Bonchev–Trinajstić information content (AvgIpc) is 2.44. The third-order valence-electron chi connectivity index (χ3n) is 3.06. The quantitative estimate of drug-likeness (QED) is 0.365. The van der Waals surface area contributed by atoms with Gasteiger partial charge in [-0.15, -0.1) is 4.91 Å². The highest BCUT2D eigenvalue weighted by atomic mass is 16.6. The molecule has 0 aromatic heterocycles. The van der Waals surface area contributed by atoms with Crippen LogP contribution in [0.4, 0.5) is 5.69 Å². The maximum atomic E-state index is 12.0. The van der Waals surface area contributed by atoms with E-state index in [1.807, 2.05) is 5.18 Å². The predicted molar refractivity (Wildman–Crippen MR) is 72.4 cm³/mol. The maximum Gasteiger partial charge on any atom is 0.322 e. The molecule has 1 aromatic carbocycles. The Morgan fingerprint density at radius 1 is 1.38 bits per heavy atom. The number of amides is 1. The molecule has 0 fully saturated rings. The number of hydrogen-bond donors (Lipinski definition) is 1. The minimum absolute atomic E-state index is 0.0633. The van der Waals surface area contributed by atoms with E-state index in [0.717, 1.165) is 0 Å². The average molecular weight is 294 g/mol. The van der Waals surface area contributed by atoms with Crippen molar-refractivity contribution in [2.24, 2.45) is 10.6 Å². The Morgan fingerprint density at radius 2 is 1.95 bits per heavy atom. The first-order valence-electron chi connectivity index (χ1n) is 6.02. The van der Waals surface area contributed by atoms with Crippen LogP contribution < -0.4 is 0 Å². The maximum absolute atomic E-state index is 12.0. The van der Waals surface area contributed by atoms with Crippen LogP contribution in [0.15, 0.2) is 29.4 Å². The van der Waals surface area contributed by atoms with Crippen LogP contribution in [0.5, 0.6) is 0 Å². The topological polar surface area (TPSA) is 127 Å². The van der Waals surface area contributed by atoms with E-state index in [1.54, 1.807) is 6.07 Å². The fourth-order valence-corrected chi connectivity index (χ4v) is 1.93. The summed E-state index contributed by atoms with van der Waals surface area (Å²) in [6.45, 7) is 2.85. The van der Waals surface area contributed by atoms with E-state index in [-0.39, 0.29) is 12.1 Å². The number of hydrogen-bond acceptors (Lipinski definition) is 6. The molecule has 0 spiro atoms. The molecule has 1 aromatic rings. The van der Waals surface area contributed by atoms with Gasteiger partial charge in [-0.2, -0.15) is 0 Å². The number of ketones is 1. The fraction of sp³-hybridized carbons (Fsp3) is 0.385. The Labute approximate surface area is 119 Å². The molecule has 1 N–H and O–H groups in total. The molecule has 0 aliphatic heterocycles. The lowest BCUT2D eigenvalue weighted by Crippen LogP contribution is -2.40. The molecular weight excluding hydrogens is 280 g/mol. The van der Waals surface area contributed by atoms with Gasteiger partial charge in [0.2, 0.25) is 0 Å². The molecule has 1 atom stereocenters.